The molecular formula is C12H13ClN2O3S. The predicted octanol–water partition coefficient (Wildman–Crippen LogP) is 1.67. The Morgan fingerprint density at radius 3 is 2.84 bits per heavy atom. The molecule has 0 amide bonds. The number of rotatable bonds is 4. The standard InChI is InChI=1S/C12H13ClN2O3S/c1-19(17,18)12-14-5-6-15(12)8-11(16)9-3-2-4-10(13)7-9/h2-7,11,16H,8H2,1H3/t11-/m1/s1. The molecule has 0 aliphatic heterocycles. The van der Waals surface area contributed by atoms with E-state index in [4.69, 9.17) is 11.6 Å². The highest BCUT2D eigenvalue weighted by Gasteiger charge is 2.17. The average Bonchev–Trinajstić information content (AvgIpc) is 2.77. The third kappa shape index (κ3) is 3.34. The van der Waals surface area contributed by atoms with Crippen molar-refractivity contribution in [2.45, 2.75) is 17.8 Å². The van der Waals surface area contributed by atoms with Crippen molar-refractivity contribution >= 4 is 21.4 Å². The molecule has 2 aromatic rings. The van der Waals surface area contributed by atoms with Gasteiger partial charge in [0.25, 0.3) is 0 Å². The lowest BCUT2D eigenvalue weighted by molar-refractivity contribution is 0.153. The van der Waals surface area contributed by atoms with Crippen molar-refractivity contribution in [3.63, 3.8) is 0 Å². The van der Waals surface area contributed by atoms with E-state index in [1.807, 2.05) is 0 Å². The van der Waals surface area contributed by atoms with Crippen molar-refractivity contribution in [2.75, 3.05) is 6.26 Å². The molecule has 0 bridgehead atoms. The van der Waals surface area contributed by atoms with Crippen LogP contribution in [0.15, 0.2) is 41.8 Å². The molecule has 0 unspecified atom stereocenters. The van der Waals surface area contributed by atoms with Gasteiger partial charge in [0, 0.05) is 23.7 Å². The van der Waals surface area contributed by atoms with Gasteiger partial charge in [0.1, 0.15) is 0 Å². The lowest BCUT2D eigenvalue weighted by Crippen LogP contribution is -2.14. The van der Waals surface area contributed by atoms with E-state index >= 15 is 0 Å². The van der Waals surface area contributed by atoms with Gasteiger partial charge >= 0.3 is 0 Å². The zero-order valence-corrected chi connectivity index (χ0v) is 11.8. The quantitative estimate of drug-likeness (QED) is 0.932. The average molecular weight is 301 g/mol. The third-order valence-electron chi connectivity index (χ3n) is 2.61. The molecule has 2 rings (SSSR count). The van der Waals surface area contributed by atoms with Crippen molar-refractivity contribution in [1.29, 1.82) is 0 Å². The van der Waals surface area contributed by atoms with Crippen LogP contribution >= 0.6 is 11.6 Å². The maximum Gasteiger partial charge on any atom is 0.227 e. The minimum Gasteiger partial charge on any atom is -0.387 e. The summed E-state index contributed by atoms with van der Waals surface area (Å²) in [6.45, 7) is 0.0999. The van der Waals surface area contributed by atoms with E-state index in [2.05, 4.69) is 4.98 Å². The molecule has 1 heterocycles. The molecule has 0 spiro atoms. The van der Waals surface area contributed by atoms with Crippen LogP contribution in [0.4, 0.5) is 0 Å². The Morgan fingerprint density at radius 1 is 1.47 bits per heavy atom. The van der Waals surface area contributed by atoms with Crippen LogP contribution in [0.1, 0.15) is 11.7 Å². The Labute approximate surface area is 116 Å². The number of imidazole rings is 1. The summed E-state index contributed by atoms with van der Waals surface area (Å²) >= 11 is 5.85. The number of aromatic nitrogens is 2. The van der Waals surface area contributed by atoms with Crippen molar-refractivity contribution in [3.8, 4) is 0 Å². The first kappa shape index (κ1) is 14.0. The van der Waals surface area contributed by atoms with Crippen molar-refractivity contribution < 1.29 is 13.5 Å². The van der Waals surface area contributed by atoms with Gasteiger partial charge in [0.15, 0.2) is 0 Å². The number of hydrogen-bond acceptors (Lipinski definition) is 4. The summed E-state index contributed by atoms with van der Waals surface area (Å²) in [6.07, 6.45) is 3.14. The van der Waals surface area contributed by atoms with Gasteiger partial charge in [-0.15, -0.1) is 0 Å². The van der Waals surface area contributed by atoms with Gasteiger partial charge in [-0.25, -0.2) is 13.4 Å². The van der Waals surface area contributed by atoms with Crippen molar-refractivity contribution in [2.24, 2.45) is 0 Å². The molecule has 0 radical (unpaired) electrons. The molecule has 1 N–H and O–H groups in total. The maximum atomic E-state index is 11.5. The highest BCUT2D eigenvalue weighted by molar-refractivity contribution is 7.90. The molecule has 5 nitrogen and oxygen atoms in total. The lowest BCUT2D eigenvalue weighted by Gasteiger charge is -2.13. The smallest absolute Gasteiger partial charge is 0.227 e. The highest BCUT2D eigenvalue weighted by Crippen LogP contribution is 2.20. The Kier molecular flexibility index (Phi) is 3.93. The summed E-state index contributed by atoms with van der Waals surface area (Å²) in [5, 5.41) is 10.6. The summed E-state index contributed by atoms with van der Waals surface area (Å²) in [4.78, 5) is 3.79. The van der Waals surface area contributed by atoms with Crippen LogP contribution in [0.2, 0.25) is 5.02 Å². The molecule has 0 fully saturated rings. The van der Waals surface area contributed by atoms with Crippen LogP contribution in [-0.4, -0.2) is 29.3 Å². The van der Waals surface area contributed by atoms with Crippen LogP contribution in [0, 0.1) is 0 Å². The van der Waals surface area contributed by atoms with Gasteiger partial charge in [0.2, 0.25) is 15.0 Å². The van der Waals surface area contributed by atoms with Crippen LogP contribution in [0.3, 0.4) is 0 Å². The Bertz CT molecular complexity index is 682. The first-order valence-corrected chi connectivity index (χ1v) is 7.79. The molecule has 0 aliphatic carbocycles. The third-order valence-corrected chi connectivity index (χ3v) is 3.85. The summed E-state index contributed by atoms with van der Waals surface area (Å²) in [5.74, 6) is 0. The van der Waals surface area contributed by atoms with Gasteiger partial charge in [0.05, 0.1) is 12.6 Å². The number of halogens is 1. The van der Waals surface area contributed by atoms with E-state index in [1.165, 1.54) is 17.0 Å². The van der Waals surface area contributed by atoms with Gasteiger partial charge in [-0.1, -0.05) is 23.7 Å². The Balaban J connectivity index is 2.25. The molecule has 0 aliphatic rings. The SMILES string of the molecule is CS(=O)(=O)c1nccn1C[C@@H](O)c1cccc(Cl)c1. The number of hydrogen-bond donors (Lipinski definition) is 1. The largest absolute Gasteiger partial charge is 0.387 e. The van der Waals surface area contributed by atoms with Crippen LogP contribution in [-0.2, 0) is 16.4 Å². The predicted molar refractivity (Wildman–Crippen MR) is 71.7 cm³/mol. The molecule has 1 aromatic carbocycles. The van der Waals surface area contributed by atoms with E-state index < -0.39 is 15.9 Å². The Hall–Kier alpha value is -1.37. The fraction of sp³-hybridized carbons (Fsp3) is 0.250. The van der Waals surface area contributed by atoms with E-state index in [-0.39, 0.29) is 11.7 Å². The number of sulfone groups is 1. The summed E-state index contributed by atoms with van der Waals surface area (Å²) < 4.78 is 24.4. The molecule has 0 saturated heterocycles. The van der Waals surface area contributed by atoms with Gasteiger partial charge in [-0.2, -0.15) is 0 Å². The first-order chi connectivity index (χ1) is 8.88. The topological polar surface area (TPSA) is 72.2 Å². The van der Waals surface area contributed by atoms with Crippen molar-refractivity contribution in [1.82, 2.24) is 9.55 Å². The normalized spacial score (nSPS) is 13.4. The van der Waals surface area contributed by atoms with Gasteiger partial charge in [-0.3, -0.25) is 0 Å². The van der Waals surface area contributed by atoms with Crippen molar-refractivity contribution in [3.05, 3.63) is 47.2 Å². The van der Waals surface area contributed by atoms with Gasteiger partial charge in [-0.05, 0) is 17.7 Å². The second-order valence-electron chi connectivity index (χ2n) is 4.21. The summed E-state index contributed by atoms with van der Waals surface area (Å²) in [5.41, 5.74) is 0.626. The van der Waals surface area contributed by atoms with E-state index in [9.17, 15) is 13.5 Å². The van der Waals surface area contributed by atoms with E-state index in [1.54, 1.807) is 24.3 Å². The Morgan fingerprint density at radius 2 is 2.21 bits per heavy atom. The number of benzene rings is 1. The molecule has 0 saturated carbocycles. The number of nitrogens with zero attached hydrogens (tertiary/aromatic N) is 2. The molecule has 102 valence electrons. The zero-order valence-electron chi connectivity index (χ0n) is 10.2. The van der Waals surface area contributed by atoms with Gasteiger partial charge < -0.3 is 9.67 Å². The minimum absolute atomic E-state index is 0.0615. The van der Waals surface area contributed by atoms with Crippen LogP contribution in [0.25, 0.3) is 0 Å². The number of aliphatic hydroxyl groups excluding tert-OH is 1. The zero-order chi connectivity index (χ0) is 14.0. The number of aliphatic hydroxyl groups is 1. The molecule has 1 aromatic heterocycles. The first-order valence-electron chi connectivity index (χ1n) is 5.52. The fourth-order valence-corrected chi connectivity index (χ4v) is 2.78. The summed E-state index contributed by atoms with van der Waals surface area (Å²) in [6, 6.07) is 6.81. The monoisotopic (exact) mass is 300 g/mol. The second kappa shape index (κ2) is 5.32. The molecule has 1 atom stereocenters. The maximum absolute atomic E-state index is 11.5. The highest BCUT2D eigenvalue weighted by atomic mass is 35.5. The van der Waals surface area contributed by atoms with Crippen LogP contribution in [0.5, 0.6) is 0 Å². The molecular weight excluding hydrogens is 288 g/mol. The second-order valence-corrected chi connectivity index (χ2v) is 6.55. The molecule has 19 heavy (non-hydrogen) atoms. The van der Waals surface area contributed by atoms with Crippen LogP contribution < -0.4 is 0 Å². The van der Waals surface area contributed by atoms with E-state index in [0.29, 0.717) is 10.6 Å². The fourth-order valence-electron chi connectivity index (χ4n) is 1.77. The molecule has 7 heteroatoms. The lowest BCUT2D eigenvalue weighted by atomic mass is 10.1. The van der Waals surface area contributed by atoms with E-state index in [0.717, 1.165) is 6.26 Å². The minimum atomic E-state index is -3.41. The summed E-state index contributed by atoms with van der Waals surface area (Å²) in [7, 11) is -3.41.